The van der Waals surface area contributed by atoms with E-state index in [0.717, 1.165) is 10.9 Å². The number of aromatic nitrogens is 1. The number of benzene rings is 1. The summed E-state index contributed by atoms with van der Waals surface area (Å²) in [6.07, 6.45) is 0. The third-order valence-electron chi connectivity index (χ3n) is 1.84. The van der Waals surface area contributed by atoms with E-state index < -0.39 is 5.97 Å². The van der Waals surface area contributed by atoms with Crippen molar-refractivity contribution in [2.75, 3.05) is 0 Å². The molecule has 2 aromatic rings. The minimum absolute atomic E-state index is 0.156. The smallest absolute Gasteiger partial charge is 0.352 e. The first-order valence-electron chi connectivity index (χ1n) is 3.69. The third-order valence-corrected chi connectivity index (χ3v) is 2.17. The maximum absolute atomic E-state index is 10.6. The van der Waals surface area contributed by atoms with Crippen LogP contribution in [0.2, 0.25) is 5.02 Å². The summed E-state index contributed by atoms with van der Waals surface area (Å²) in [6.45, 7) is 0. The van der Waals surface area contributed by atoms with Crippen molar-refractivity contribution in [1.29, 1.82) is 0 Å². The highest BCUT2D eigenvalue weighted by Gasteiger charge is 2.08. The molecule has 0 saturated heterocycles. The van der Waals surface area contributed by atoms with Crippen LogP contribution in [0.4, 0.5) is 0 Å². The highest BCUT2D eigenvalue weighted by molar-refractivity contribution is 6.35. The van der Waals surface area contributed by atoms with Crippen molar-refractivity contribution < 1.29 is 9.90 Å². The molecular formula is C9H6ClNO2. The van der Waals surface area contributed by atoms with E-state index in [2.05, 4.69) is 4.98 Å². The molecule has 1 aromatic carbocycles. The van der Waals surface area contributed by atoms with Crippen LogP contribution in [-0.2, 0) is 0 Å². The zero-order valence-electron chi connectivity index (χ0n) is 6.54. The number of aromatic amines is 1. The molecule has 0 fully saturated rings. The Kier molecular flexibility index (Phi) is 1.74. The van der Waals surface area contributed by atoms with E-state index in [-0.39, 0.29) is 5.69 Å². The molecule has 0 aliphatic rings. The van der Waals surface area contributed by atoms with E-state index in [1.807, 2.05) is 0 Å². The summed E-state index contributed by atoms with van der Waals surface area (Å²) in [7, 11) is 0. The van der Waals surface area contributed by atoms with Crippen LogP contribution in [0, 0.1) is 0 Å². The first-order valence-corrected chi connectivity index (χ1v) is 4.07. The molecule has 0 atom stereocenters. The predicted molar refractivity (Wildman–Crippen MR) is 50.3 cm³/mol. The fraction of sp³-hybridized carbons (Fsp3) is 0. The van der Waals surface area contributed by atoms with Gasteiger partial charge in [-0.15, -0.1) is 0 Å². The Labute approximate surface area is 78.9 Å². The Hall–Kier alpha value is -1.48. The molecule has 0 spiro atoms. The number of hydrogen-bond acceptors (Lipinski definition) is 1. The van der Waals surface area contributed by atoms with E-state index in [4.69, 9.17) is 16.7 Å². The molecule has 2 rings (SSSR count). The highest BCUT2D eigenvalue weighted by atomic mass is 35.5. The Bertz CT molecular complexity index is 475. The number of rotatable bonds is 1. The van der Waals surface area contributed by atoms with Gasteiger partial charge in [-0.3, -0.25) is 0 Å². The fourth-order valence-corrected chi connectivity index (χ4v) is 1.46. The van der Waals surface area contributed by atoms with Gasteiger partial charge in [-0.25, -0.2) is 4.79 Å². The van der Waals surface area contributed by atoms with Gasteiger partial charge in [0.05, 0.1) is 0 Å². The largest absolute Gasteiger partial charge is 0.477 e. The molecule has 66 valence electrons. The number of aromatic carboxylic acids is 1. The lowest BCUT2D eigenvalue weighted by molar-refractivity contribution is 0.0691. The average molecular weight is 196 g/mol. The van der Waals surface area contributed by atoms with Crippen LogP contribution < -0.4 is 0 Å². The lowest BCUT2D eigenvalue weighted by Gasteiger charge is -1.89. The molecular weight excluding hydrogens is 190 g/mol. The van der Waals surface area contributed by atoms with Gasteiger partial charge in [0.2, 0.25) is 0 Å². The zero-order chi connectivity index (χ0) is 9.42. The second-order valence-corrected chi connectivity index (χ2v) is 3.10. The predicted octanol–water partition coefficient (Wildman–Crippen LogP) is 2.52. The van der Waals surface area contributed by atoms with E-state index >= 15 is 0 Å². The maximum Gasteiger partial charge on any atom is 0.352 e. The summed E-state index contributed by atoms with van der Waals surface area (Å²) in [5, 5.41) is 10.00. The maximum atomic E-state index is 10.6. The van der Waals surface area contributed by atoms with Crippen molar-refractivity contribution in [2.24, 2.45) is 0 Å². The van der Waals surface area contributed by atoms with Crippen molar-refractivity contribution in [3.63, 3.8) is 0 Å². The van der Waals surface area contributed by atoms with E-state index in [9.17, 15) is 4.79 Å². The second-order valence-electron chi connectivity index (χ2n) is 2.69. The number of hydrogen-bond donors (Lipinski definition) is 2. The van der Waals surface area contributed by atoms with E-state index in [1.165, 1.54) is 6.07 Å². The zero-order valence-corrected chi connectivity index (χ0v) is 7.30. The van der Waals surface area contributed by atoms with Crippen LogP contribution in [-0.4, -0.2) is 16.1 Å². The van der Waals surface area contributed by atoms with Gasteiger partial charge in [0.15, 0.2) is 0 Å². The molecule has 4 heteroatoms. The topological polar surface area (TPSA) is 53.1 Å². The van der Waals surface area contributed by atoms with E-state index in [1.54, 1.807) is 18.2 Å². The van der Waals surface area contributed by atoms with Crippen molar-refractivity contribution in [3.05, 3.63) is 35.0 Å². The number of H-pyrrole nitrogens is 1. The summed E-state index contributed by atoms with van der Waals surface area (Å²) in [5.41, 5.74) is 0.896. The number of carboxylic acids is 1. The summed E-state index contributed by atoms with van der Waals surface area (Å²) in [4.78, 5) is 13.4. The minimum Gasteiger partial charge on any atom is -0.477 e. The number of nitrogens with one attached hydrogen (secondary N) is 1. The molecule has 0 bridgehead atoms. The second kappa shape index (κ2) is 2.78. The molecule has 0 amide bonds. The Balaban J connectivity index is 2.75. The lowest BCUT2D eigenvalue weighted by Crippen LogP contribution is -1.94. The minimum atomic E-state index is -0.979. The van der Waals surface area contributed by atoms with Gasteiger partial charge in [-0.05, 0) is 18.2 Å². The van der Waals surface area contributed by atoms with Crippen molar-refractivity contribution in [3.8, 4) is 0 Å². The molecule has 1 aromatic heterocycles. The first kappa shape index (κ1) is 8.13. The van der Waals surface area contributed by atoms with Gasteiger partial charge < -0.3 is 10.1 Å². The molecule has 0 aliphatic carbocycles. The standard InChI is InChI=1S/C9H6ClNO2/c10-6-2-1-3-7-5(6)4-8(11-7)9(12)13/h1-4,11H,(H,12,13). The van der Waals surface area contributed by atoms with Gasteiger partial charge in [0.25, 0.3) is 0 Å². The summed E-state index contributed by atoms with van der Waals surface area (Å²) in [5.74, 6) is -0.979. The van der Waals surface area contributed by atoms with Gasteiger partial charge in [0.1, 0.15) is 5.69 Å². The van der Waals surface area contributed by atoms with Crippen molar-refractivity contribution in [2.45, 2.75) is 0 Å². The van der Waals surface area contributed by atoms with Crippen LogP contribution in [0.3, 0.4) is 0 Å². The lowest BCUT2D eigenvalue weighted by atomic mass is 10.2. The number of carboxylic acid groups (broad SMARTS) is 1. The molecule has 13 heavy (non-hydrogen) atoms. The summed E-state index contributed by atoms with van der Waals surface area (Å²) < 4.78 is 0. The number of carbonyl (C=O) groups is 1. The number of fused-ring (bicyclic) bond motifs is 1. The Morgan fingerprint density at radius 2 is 2.23 bits per heavy atom. The highest BCUT2D eigenvalue weighted by Crippen LogP contribution is 2.23. The molecule has 3 nitrogen and oxygen atoms in total. The summed E-state index contributed by atoms with van der Waals surface area (Å²) >= 11 is 5.86. The monoisotopic (exact) mass is 195 g/mol. The third kappa shape index (κ3) is 1.27. The van der Waals surface area contributed by atoms with Crippen LogP contribution in [0.5, 0.6) is 0 Å². The average Bonchev–Trinajstić information content (AvgIpc) is 2.49. The van der Waals surface area contributed by atoms with Crippen LogP contribution >= 0.6 is 11.6 Å². The van der Waals surface area contributed by atoms with E-state index in [0.29, 0.717) is 5.02 Å². The molecule has 0 unspecified atom stereocenters. The SMILES string of the molecule is O=C(O)c1cc2c(Cl)cccc2[nH]1. The number of halogens is 1. The van der Waals surface area contributed by atoms with Crippen molar-refractivity contribution in [1.82, 2.24) is 4.98 Å². The first-order chi connectivity index (χ1) is 6.18. The normalized spacial score (nSPS) is 10.5. The molecule has 0 saturated carbocycles. The molecule has 0 aliphatic heterocycles. The van der Waals surface area contributed by atoms with Gasteiger partial charge in [-0.1, -0.05) is 17.7 Å². The van der Waals surface area contributed by atoms with Gasteiger partial charge in [0, 0.05) is 15.9 Å². The Morgan fingerprint density at radius 1 is 1.46 bits per heavy atom. The molecule has 2 N–H and O–H groups in total. The summed E-state index contributed by atoms with van der Waals surface area (Å²) in [6, 6.07) is 6.81. The quantitative estimate of drug-likeness (QED) is 0.735. The van der Waals surface area contributed by atoms with Crippen LogP contribution in [0.25, 0.3) is 10.9 Å². The van der Waals surface area contributed by atoms with Crippen molar-refractivity contribution >= 4 is 28.5 Å². The van der Waals surface area contributed by atoms with Gasteiger partial charge >= 0.3 is 5.97 Å². The van der Waals surface area contributed by atoms with Crippen LogP contribution in [0.1, 0.15) is 10.5 Å². The molecule has 1 heterocycles. The fourth-order valence-electron chi connectivity index (χ4n) is 1.23. The van der Waals surface area contributed by atoms with Crippen LogP contribution in [0.15, 0.2) is 24.3 Å². The molecule has 0 radical (unpaired) electrons. The van der Waals surface area contributed by atoms with Gasteiger partial charge in [-0.2, -0.15) is 0 Å². The Morgan fingerprint density at radius 3 is 2.85 bits per heavy atom.